The number of nitrogens with zero attached hydrogens (tertiary/aromatic N) is 1. The summed E-state index contributed by atoms with van der Waals surface area (Å²) in [4.78, 5) is 13.6. The molecular formula is C12H12F3NO2S. The number of halogens is 3. The summed E-state index contributed by atoms with van der Waals surface area (Å²) in [6.07, 6.45) is 0. The average Bonchev–Trinajstić information content (AvgIpc) is 2.80. The molecule has 0 aromatic heterocycles. The van der Waals surface area contributed by atoms with Gasteiger partial charge in [0.05, 0.1) is 18.0 Å². The summed E-state index contributed by atoms with van der Waals surface area (Å²) in [5.74, 6) is -4.71. The van der Waals surface area contributed by atoms with Crippen LogP contribution in [-0.2, 0) is 0 Å². The number of ether oxygens (including phenoxy) is 1. The number of thioether (sulfide) groups is 1. The number of carbonyl (C=O) groups excluding carboxylic acids is 1. The molecule has 1 fully saturated rings. The molecule has 1 aromatic rings. The van der Waals surface area contributed by atoms with Crippen molar-refractivity contribution < 1.29 is 22.7 Å². The van der Waals surface area contributed by atoms with Gasteiger partial charge in [-0.05, 0) is 13.0 Å². The molecular weight excluding hydrogens is 279 g/mol. The molecule has 2 rings (SSSR count). The van der Waals surface area contributed by atoms with E-state index in [1.165, 1.54) is 16.7 Å². The van der Waals surface area contributed by atoms with E-state index in [4.69, 9.17) is 0 Å². The summed E-state index contributed by atoms with van der Waals surface area (Å²) in [6, 6.07) is 0.575. The lowest BCUT2D eigenvalue weighted by atomic mass is 10.1. The number of hydrogen-bond donors (Lipinski definition) is 0. The number of methoxy groups -OCH3 is 1. The summed E-state index contributed by atoms with van der Waals surface area (Å²) in [5.41, 5.74) is -0.509. The Kier molecular flexibility index (Phi) is 3.93. The van der Waals surface area contributed by atoms with Gasteiger partial charge >= 0.3 is 0 Å². The summed E-state index contributed by atoms with van der Waals surface area (Å²) in [7, 11) is 1.02. The Hall–Kier alpha value is -1.37. The zero-order valence-electron chi connectivity index (χ0n) is 10.4. The molecule has 0 N–H and O–H groups in total. The fraction of sp³-hybridized carbons (Fsp3) is 0.417. The number of rotatable bonds is 2. The van der Waals surface area contributed by atoms with Gasteiger partial charge in [-0.25, -0.2) is 8.78 Å². The first-order valence-electron chi connectivity index (χ1n) is 5.61. The lowest BCUT2D eigenvalue weighted by Crippen LogP contribution is -2.34. The van der Waals surface area contributed by atoms with Crippen molar-refractivity contribution in [3.63, 3.8) is 0 Å². The van der Waals surface area contributed by atoms with E-state index in [2.05, 4.69) is 4.74 Å². The van der Waals surface area contributed by atoms with Crippen LogP contribution in [0.3, 0.4) is 0 Å². The Labute approximate surface area is 112 Å². The van der Waals surface area contributed by atoms with Crippen LogP contribution < -0.4 is 4.74 Å². The van der Waals surface area contributed by atoms with Crippen molar-refractivity contribution in [1.82, 2.24) is 4.90 Å². The standard InChI is InChI=1S/C12H12F3NO2S/c1-6-16(3-4-19-6)12(17)7-5-8(13)10(15)11(18-2)9(7)14/h5-6H,3-4H2,1-2H3. The lowest BCUT2D eigenvalue weighted by Gasteiger charge is -2.21. The summed E-state index contributed by atoms with van der Waals surface area (Å²) in [6.45, 7) is 2.25. The van der Waals surface area contributed by atoms with Gasteiger partial charge < -0.3 is 9.64 Å². The molecule has 1 atom stereocenters. The third-order valence-electron chi connectivity index (χ3n) is 2.94. The second kappa shape index (κ2) is 5.32. The van der Waals surface area contributed by atoms with E-state index >= 15 is 0 Å². The summed E-state index contributed by atoms with van der Waals surface area (Å²) >= 11 is 1.54. The molecule has 104 valence electrons. The minimum Gasteiger partial charge on any atom is -0.491 e. The van der Waals surface area contributed by atoms with Gasteiger partial charge in [0.25, 0.3) is 5.91 Å². The molecule has 1 aliphatic heterocycles. The van der Waals surface area contributed by atoms with E-state index in [-0.39, 0.29) is 5.37 Å². The van der Waals surface area contributed by atoms with Crippen molar-refractivity contribution in [2.45, 2.75) is 12.3 Å². The van der Waals surface area contributed by atoms with Crippen molar-refractivity contribution in [2.24, 2.45) is 0 Å². The first-order valence-corrected chi connectivity index (χ1v) is 6.66. The van der Waals surface area contributed by atoms with Gasteiger partial charge in [0, 0.05) is 12.3 Å². The van der Waals surface area contributed by atoms with Crippen LogP contribution in [0, 0.1) is 17.5 Å². The number of amides is 1. The van der Waals surface area contributed by atoms with Gasteiger partial charge in [-0.2, -0.15) is 4.39 Å². The van der Waals surface area contributed by atoms with E-state index in [0.29, 0.717) is 12.6 Å². The van der Waals surface area contributed by atoms with Crippen LogP contribution in [0.25, 0.3) is 0 Å². The molecule has 1 saturated heterocycles. The Morgan fingerprint density at radius 1 is 1.42 bits per heavy atom. The third kappa shape index (κ3) is 2.39. The molecule has 0 bridgehead atoms. The summed E-state index contributed by atoms with van der Waals surface area (Å²) < 4.78 is 45.1. The molecule has 1 heterocycles. The monoisotopic (exact) mass is 291 g/mol. The molecule has 1 unspecified atom stereocenters. The molecule has 1 aromatic carbocycles. The van der Waals surface area contributed by atoms with Crippen molar-refractivity contribution in [3.8, 4) is 5.75 Å². The quantitative estimate of drug-likeness (QED) is 0.785. The van der Waals surface area contributed by atoms with Gasteiger partial charge in [-0.3, -0.25) is 4.79 Å². The SMILES string of the molecule is COc1c(F)c(F)cc(C(=O)N2CCSC2C)c1F. The van der Waals surface area contributed by atoms with Gasteiger partial charge in [-0.1, -0.05) is 0 Å². The van der Waals surface area contributed by atoms with Crippen LogP contribution in [0.4, 0.5) is 13.2 Å². The maximum atomic E-state index is 14.0. The van der Waals surface area contributed by atoms with Crippen molar-refractivity contribution in [2.75, 3.05) is 19.4 Å². The number of carbonyl (C=O) groups is 1. The molecule has 19 heavy (non-hydrogen) atoms. The first kappa shape index (κ1) is 14.0. The summed E-state index contributed by atoms with van der Waals surface area (Å²) in [5, 5.41) is -0.119. The highest BCUT2D eigenvalue weighted by molar-refractivity contribution is 8.00. The van der Waals surface area contributed by atoms with Crippen LogP contribution >= 0.6 is 11.8 Å². The van der Waals surface area contributed by atoms with E-state index in [1.54, 1.807) is 6.92 Å². The number of benzene rings is 1. The fourth-order valence-corrected chi connectivity index (χ4v) is 2.95. The molecule has 0 aliphatic carbocycles. The molecule has 0 spiro atoms. The van der Waals surface area contributed by atoms with Crippen molar-refractivity contribution in [3.05, 3.63) is 29.1 Å². The minimum atomic E-state index is -1.43. The zero-order chi connectivity index (χ0) is 14.2. The van der Waals surface area contributed by atoms with Crippen LogP contribution in [0.2, 0.25) is 0 Å². The third-order valence-corrected chi connectivity index (χ3v) is 4.10. The average molecular weight is 291 g/mol. The normalized spacial score (nSPS) is 18.8. The Morgan fingerprint density at radius 3 is 2.63 bits per heavy atom. The Morgan fingerprint density at radius 2 is 2.11 bits per heavy atom. The van der Waals surface area contributed by atoms with Crippen LogP contribution in [0.1, 0.15) is 17.3 Å². The zero-order valence-corrected chi connectivity index (χ0v) is 11.2. The maximum absolute atomic E-state index is 14.0. The van der Waals surface area contributed by atoms with Gasteiger partial charge in [-0.15, -0.1) is 11.8 Å². The molecule has 0 radical (unpaired) electrons. The molecule has 7 heteroatoms. The molecule has 1 amide bonds. The van der Waals surface area contributed by atoms with E-state index in [0.717, 1.165) is 12.9 Å². The van der Waals surface area contributed by atoms with Crippen molar-refractivity contribution in [1.29, 1.82) is 0 Å². The predicted octanol–water partition coefficient (Wildman–Crippen LogP) is 2.65. The molecule has 0 saturated carbocycles. The van der Waals surface area contributed by atoms with Gasteiger partial charge in [0.15, 0.2) is 17.4 Å². The maximum Gasteiger partial charge on any atom is 0.258 e. The van der Waals surface area contributed by atoms with Crippen LogP contribution in [-0.4, -0.2) is 35.6 Å². The van der Waals surface area contributed by atoms with E-state index in [9.17, 15) is 18.0 Å². The van der Waals surface area contributed by atoms with Crippen LogP contribution in [0.15, 0.2) is 6.07 Å². The Balaban J connectivity index is 2.45. The van der Waals surface area contributed by atoms with E-state index in [1.807, 2.05) is 0 Å². The largest absolute Gasteiger partial charge is 0.491 e. The number of hydrogen-bond acceptors (Lipinski definition) is 3. The van der Waals surface area contributed by atoms with Gasteiger partial charge in [0.1, 0.15) is 0 Å². The van der Waals surface area contributed by atoms with Gasteiger partial charge in [0.2, 0.25) is 5.82 Å². The first-order chi connectivity index (χ1) is 8.97. The van der Waals surface area contributed by atoms with Crippen LogP contribution in [0.5, 0.6) is 5.75 Å². The smallest absolute Gasteiger partial charge is 0.258 e. The van der Waals surface area contributed by atoms with Crippen molar-refractivity contribution >= 4 is 17.7 Å². The highest BCUT2D eigenvalue weighted by atomic mass is 32.2. The highest BCUT2D eigenvalue weighted by Gasteiger charge is 2.31. The Bertz CT molecular complexity index is 524. The second-order valence-electron chi connectivity index (χ2n) is 4.04. The lowest BCUT2D eigenvalue weighted by molar-refractivity contribution is 0.0762. The molecule has 3 nitrogen and oxygen atoms in total. The fourth-order valence-electron chi connectivity index (χ4n) is 1.93. The second-order valence-corrected chi connectivity index (χ2v) is 5.46. The highest BCUT2D eigenvalue weighted by Crippen LogP contribution is 2.30. The molecule has 1 aliphatic rings. The van der Waals surface area contributed by atoms with E-state index < -0.39 is 34.7 Å². The minimum absolute atomic E-state index is 0.119. The predicted molar refractivity (Wildman–Crippen MR) is 65.8 cm³/mol. The topological polar surface area (TPSA) is 29.5 Å².